The topological polar surface area (TPSA) is 110 Å². The highest BCUT2D eigenvalue weighted by Gasteiger charge is 2.25. The maximum absolute atomic E-state index is 11.3. The molecule has 0 aromatic heterocycles. The largest absolute Gasteiger partial charge is 0.375 e. The van der Waals surface area contributed by atoms with Crippen molar-refractivity contribution in [2.75, 3.05) is 17.2 Å². The molecule has 1 aromatic rings. The van der Waals surface area contributed by atoms with Crippen LogP contribution in [0.3, 0.4) is 0 Å². The fourth-order valence-electron chi connectivity index (χ4n) is 2.08. The number of nitro benzene ring substituents is 1. The van der Waals surface area contributed by atoms with Gasteiger partial charge < -0.3 is 16.4 Å². The summed E-state index contributed by atoms with van der Waals surface area (Å²) in [5.74, 6) is -0.146. The van der Waals surface area contributed by atoms with Crippen LogP contribution in [0.4, 0.5) is 17.1 Å². The average molecular weight is 264 g/mol. The van der Waals surface area contributed by atoms with Crippen molar-refractivity contribution in [3.63, 3.8) is 0 Å². The molecule has 102 valence electrons. The van der Waals surface area contributed by atoms with Crippen LogP contribution in [0.15, 0.2) is 12.1 Å². The summed E-state index contributed by atoms with van der Waals surface area (Å²) in [6.07, 6.45) is 0.946. The minimum Gasteiger partial charge on any atom is -0.375 e. The number of carbonyl (C=O) groups is 1. The number of fused-ring (bicyclic) bond motifs is 1. The zero-order valence-corrected chi connectivity index (χ0v) is 10.6. The Hall–Kier alpha value is -2.15. The summed E-state index contributed by atoms with van der Waals surface area (Å²) >= 11 is 0. The van der Waals surface area contributed by atoms with E-state index in [4.69, 9.17) is 5.73 Å². The molecule has 7 nitrogen and oxygen atoms in total. The maximum Gasteiger partial charge on any atom is 0.292 e. The molecule has 1 aliphatic heterocycles. The van der Waals surface area contributed by atoms with Crippen LogP contribution in [0, 0.1) is 10.1 Å². The van der Waals surface area contributed by atoms with Crippen molar-refractivity contribution in [2.45, 2.75) is 25.8 Å². The predicted molar refractivity (Wildman–Crippen MR) is 72.2 cm³/mol. The summed E-state index contributed by atoms with van der Waals surface area (Å²) in [5.41, 5.74) is 7.24. The van der Waals surface area contributed by atoms with Crippen LogP contribution >= 0.6 is 0 Å². The summed E-state index contributed by atoms with van der Waals surface area (Å²) in [7, 11) is 0. The Kier molecular flexibility index (Phi) is 3.66. The van der Waals surface area contributed by atoms with Gasteiger partial charge in [0.25, 0.3) is 5.69 Å². The minimum absolute atomic E-state index is 0.0258. The van der Waals surface area contributed by atoms with Gasteiger partial charge in [0.15, 0.2) is 0 Å². The highest BCUT2D eigenvalue weighted by atomic mass is 16.6. The molecule has 0 fully saturated rings. The fourth-order valence-corrected chi connectivity index (χ4v) is 2.08. The van der Waals surface area contributed by atoms with Gasteiger partial charge in [-0.05, 0) is 18.1 Å². The Morgan fingerprint density at radius 3 is 2.89 bits per heavy atom. The summed E-state index contributed by atoms with van der Waals surface area (Å²) in [6, 6.07) is 3.02. The molecule has 2 rings (SSSR count). The molecule has 0 saturated heterocycles. The monoisotopic (exact) mass is 264 g/mol. The van der Waals surface area contributed by atoms with Gasteiger partial charge in [-0.25, -0.2) is 0 Å². The Bertz CT molecular complexity index is 526. The number of hydrogen-bond acceptors (Lipinski definition) is 5. The molecular weight excluding hydrogens is 248 g/mol. The Balaban J connectivity index is 2.39. The first kappa shape index (κ1) is 13.3. The third kappa shape index (κ3) is 2.65. The second-order valence-electron chi connectivity index (χ2n) is 4.49. The standard InChI is InChI=1S/C12H16N4O3/c1-2-8(6-13)14-10-5-9-7(4-12(17)15-9)3-11(10)16(18)19/h3,5,8,14H,2,4,6,13H2,1H3,(H,15,17). The molecule has 7 heteroatoms. The van der Waals surface area contributed by atoms with E-state index in [2.05, 4.69) is 10.6 Å². The van der Waals surface area contributed by atoms with Crippen LogP contribution in [-0.4, -0.2) is 23.4 Å². The third-order valence-corrected chi connectivity index (χ3v) is 3.18. The smallest absolute Gasteiger partial charge is 0.292 e. The number of rotatable bonds is 5. The van der Waals surface area contributed by atoms with E-state index >= 15 is 0 Å². The van der Waals surface area contributed by atoms with E-state index in [-0.39, 0.29) is 24.1 Å². The Morgan fingerprint density at radius 1 is 1.58 bits per heavy atom. The number of nitrogens with zero attached hydrogens (tertiary/aromatic N) is 1. The summed E-state index contributed by atoms with van der Waals surface area (Å²) < 4.78 is 0. The molecule has 1 heterocycles. The lowest BCUT2D eigenvalue weighted by Gasteiger charge is -2.16. The van der Waals surface area contributed by atoms with Gasteiger partial charge >= 0.3 is 0 Å². The van der Waals surface area contributed by atoms with Crippen LogP contribution in [-0.2, 0) is 11.2 Å². The number of hydrogen-bond donors (Lipinski definition) is 3. The van der Waals surface area contributed by atoms with Gasteiger partial charge in [0.2, 0.25) is 5.91 Å². The minimum atomic E-state index is -0.450. The summed E-state index contributed by atoms with van der Waals surface area (Å²) in [5, 5.41) is 16.8. The zero-order valence-electron chi connectivity index (χ0n) is 10.6. The lowest BCUT2D eigenvalue weighted by molar-refractivity contribution is -0.384. The van der Waals surface area contributed by atoms with Crippen LogP contribution in [0.1, 0.15) is 18.9 Å². The number of anilines is 2. The van der Waals surface area contributed by atoms with Gasteiger partial charge in [-0.1, -0.05) is 6.92 Å². The Labute approximate surface area is 110 Å². The molecule has 0 saturated carbocycles. The van der Waals surface area contributed by atoms with E-state index in [0.717, 1.165) is 6.42 Å². The van der Waals surface area contributed by atoms with Gasteiger partial charge in [0.1, 0.15) is 5.69 Å². The number of carbonyl (C=O) groups excluding carboxylic acids is 1. The van der Waals surface area contributed by atoms with Crippen LogP contribution in [0.25, 0.3) is 0 Å². The molecule has 19 heavy (non-hydrogen) atoms. The lowest BCUT2D eigenvalue weighted by Crippen LogP contribution is -2.28. The number of benzene rings is 1. The lowest BCUT2D eigenvalue weighted by atomic mass is 10.1. The van der Waals surface area contributed by atoms with E-state index in [1.165, 1.54) is 6.07 Å². The molecule has 1 aliphatic rings. The van der Waals surface area contributed by atoms with E-state index in [1.807, 2.05) is 6.92 Å². The van der Waals surface area contributed by atoms with E-state index < -0.39 is 4.92 Å². The number of nitro groups is 1. The zero-order chi connectivity index (χ0) is 14.0. The van der Waals surface area contributed by atoms with Crippen LogP contribution in [0.2, 0.25) is 0 Å². The molecule has 0 aliphatic carbocycles. The normalized spacial score (nSPS) is 14.7. The van der Waals surface area contributed by atoms with Crippen molar-refractivity contribution >= 4 is 23.0 Å². The van der Waals surface area contributed by atoms with Crippen LogP contribution in [0.5, 0.6) is 0 Å². The number of amides is 1. The SMILES string of the molecule is CCC(CN)Nc1cc2c(cc1[N+](=O)[O-])CC(=O)N2. The Morgan fingerprint density at radius 2 is 2.32 bits per heavy atom. The predicted octanol–water partition coefficient (Wildman–Crippen LogP) is 1.24. The van der Waals surface area contributed by atoms with Gasteiger partial charge in [0, 0.05) is 24.3 Å². The van der Waals surface area contributed by atoms with Gasteiger partial charge in [-0.3, -0.25) is 14.9 Å². The summed E-state index contributed by atoms with van der Waals surface area (Å²) in [6.45, 7) is 2.34. The van der Waals surface area contributed by atoms with Gasteiger partial charge in [0.05, 0.1) is 11.3 Å². The molecule has 1 unspecified atom stereocenters. The van der Waals surface area contributed by atoms with Crippen molar-refractivity contribution in [3.05, 3.63) is 27.8 Å². The van der Waals surface area contributed by atoms with E-state index in [9.17, 15) is 14.9 Å². The second kappa shape index (κ2) is 5.23. The molecule has 1 atom stereocenters. The maximum atomic E-state index is 11.3. The van der Waals surface area contributed by atoms with E-state index in [0.29, 0.717) is 23.5 Å². The third-order valence-electron chi connectivity index (χ3n) is 3.18. The summed E-state index contributed by atoms with van der Waals surface area (Å²) in [4.78, 5) is 21.9. The highest BCUT2D eigenvalue weighted by molar-refractivity contribution is 6.00. The molecule has 0 bridgehead atoms. The van der Waals surface area contributed by atoms with Crippen LogP contribution < -0.4 is 16.4 Å². The number of nitrogens with one attached hydrogen (secondary N) is 2. The second-order valence-corrected chi connectivity index (χ2v) is 4.49. The molecule has 1 amide bonds. The van der Waals surface area contributed by atoms with Crippen molar-refractivity contribution in [1.82, 2.24) is 0 Å². The van der Waals surface area contributed by atoms with E-state index in [1.54, 1.807) is 6.07 Å². The van der Waals surface area contributed by atoms with Crippen molar-refractivity contribution < 1.29 is 9.72 Å². The van der Waals surface area contributed by atoms with Gasteiger partial charge in [-0.2, -0.15) is 0 Å². The quantitative estimate of drug-likeness (QED) is 0.547. The van der Waals surface area contributed by atoms with Crippen molar-refractivity contribution in [3.8, 4) is 0 Å². The molecule has 0 spiro atoms. The first-order valence-corrected chi connectivity index (χ1v) is 6.13. The van der Waals surface area contributed by atoms with Gasteiger partial charge in [-0.15, -0.1) is 0 Å². The first-order valence-electron chi connectivity index (χ1n) is 6.13. The first-order chi connectivity index (χ1) is 9.05. The average Bonchev–Trinajstić information content (AvgIpc) is 2.73. The highest BCUT2D eigenvalue weighted by Crippen LogP contribution is 2.34. The van der Waals surface area contributed by atoms with Crippen molar-refractivity contribution in [1.29, 1.82) is 0 Å². The fraction of sp³-hybridized carbons (Fsp3) is 0.417. The molecule has 1 aromatic carbocycles. The molecule has 0 radical (unpaired) electrons. The molecular formula is C12H16N4O3. The van der Waals surface area contributed by atoms with Crippen molar-refractivity contribution in [2.24, 2.45) is 5.73 Å². The number of nitrogens with two attached hydrogens (primary N) is 1. The molecule has 4 N–H and O–H groups in total.